The molecule has 0 unspecified atom stereocenters. The second kappa shape index (κ2) is 5.34. The molecule has 0 fully saturated rings. The number of Topliss-reactive ketones (excluding diaryl/α,β-unsaturated/α-hetero) is 1. The van der Waals surface area contributed by atoms with E-state index in [0.717, 1.165) is 0 Å². The van der Waals surface area contributed by atoms with Gasteiger partial charge in [-0.25, -0.2) is 0 Å². The quantitative estimate of drug-likeness (QED) is 0.747. The van der Waals surface area contributed by atoms with Crippen molar-refractivity contribution in [3.63, 3.8) is 0 Å². The molecule has 0 amide bonds. The summed E-state index contributed by atoms with van der Waals surface area (Å²) in [7, 11) is 1.47. The molecule has 0 aliphatic rings. The average Bonchev–Trinajstić information content (AvgIpc) is 2.63. The van der Waals surface area contributed by atoms with E-state index >= 15 is 0 Å². The number of rotatable bonds is 5. The molecular formula is C10H11F3O2S. The Balaban J connectivity index is 2.41. The number of carbonyl (C=O) groups excluding carboxylic acids is 1. The predicted octanol–water partition coefficient (Wildman–Crippen LogP) is 3.67. The number of alkyl halides is 3. The third kappa shape index (κ3) is 4.22. The number of carbonyl (C=O) groups is 1. The number of thiophene rings is 1. The van der Waals surface area contributed by atoms with Crippen molar-refractivity contribution < 1.29 is 22.7 Å². The lowest BCUT2D eigenvalue weighted by Gasteiger charge is -2.04. The van der Waals surface area contributed by atoms with Gasteiger partial charge in [-0.3, -0.25) is 4.79 Å². The molecule has 0 N–H and O–H groups in total. The number of hydrogen-bond donors (Lipinski definition) is 0. The van der Waals surface area contributed by atoms with Crippen LogP contribution in [-0.4, -0.2) is 19.1 Å². The molecule has 0 radical (unpaired) electrons. The van der Waals surface area contributed by atoms with Gasteiger partial charge in [0, 0.05) is 24.3 Å². The van der Waals surface area contributed by atoms with Crippen LogP contribution in [0.3, 0.4) is 0 Å². The normalized spacial score (nSPS) is 11.5. The lowest BCUT2D eigenvalue weighted by Crippen LogP contribution is -2.08. The van der Waals surface area contributed by atoms with Crippen LogP contribution in [0, 0.1) is 0 Å². The maximum Gasteiger partial charge on any atom is 0.389 e. The molecule has 0 aromatic carbocycles. The zero-order valence-corrected chi connectivity index (χ0v) is 9.45. The zero-order valence-electron chi connectivity index (χ0n) is 8.63. The Morgan fingerprint density at radius 3 is 2.69 bits per heavy atom. The molecule has 90 valence electrons. The third-order valence-electron chi connectivity index (χ3n) is 1.95. The first-order chi connectivity index (χ1) is 7.42. The molecule has 1 rings (SSSR count). The van der Waals surface area contributed by atoms with Crippen LogP contribution in [0.15, 0.2) is 11.4 Å². The molecule has 0 saturated carbocycles. The van der Waals surface area contributed by atoms with Gasteiger partial charge in [0.1, 0.15) is 5.75 Å². The van der Waals surface area contributed by atoms with Crippen LogP contribution < -0.4 is 4.74 Å². The van der Waals surface area contributed by atoms with Gasteiger partial charge in [-0.1, -0.05) is 0 Å². The smallest absolute Gasteiger partial charge is 0.389 e. The van der Waals surface area contributed by atoms with Crippen molar-refractivity contribution in [2.45, 2.75) is 25.4 Å². The van der Waals surface area contributed by atoms with Crippen molar-refractivity contribution in [1.82, 2.24) is 0 Å². The molecular weight excluding hydrogens is 241 g/mol. The summed E-state index contributed by atoms with van der Waals surface area (Å²) in [6.07, 6.45) is -5.35. The van der Waals surface area contributed by atoms with Crippen molar-refractivity contribution in [3.8, 4) is 5.75 Å². The molecule has 16 heavy (non-hydrogen) atoms. The summed E-state index contributed by atoms with van der Waals surface area (Å²) < 4.78 is 40.4. The lowest BCUT2D eigenvalue weighted by atomic mass is 10.1. The maximum atomic E-state index is 11.8. The standard InChI is InChI=1S/C10H11F3O2S/c1-15-7-5-9(16-6-7)8(14)3-2-4-10(11,12)13/h5-6H,2-4H2,1H3. The molecule has 0 aliphatic carbocycles. The molecule has 0 atom stereocenters. The van der Waals surface area contributed by atoms with Gasteiger partial charge in [0.25, 0.3) is 0 Å². The summed E-state index contributed by atoms with van der Waals surface area (Å²) in [5.74, 6) is 0.293. The topological polar surface area (TPSA) is 26.3 Å². The summed E-state index contributed by atoms with van der Waals surface area (Å²) in [5, 5.41) is 1.65. The van der Waals surface area contributed by atoms with Crippen LogP contribution in [0.5, 0.6) is 5.75 Å². The number of halogens is 3. The summed E-state index contributed by atoms with van der Waals surface area (Å²) in [4.78, 5) is 11.9. The van der Waals surface area contributed by atoms with Crippen LogP contribution >= 0.6 is 11.3 Å². The van der Waals surface area contributed by atoms with Crippen molar-refractivity contribution in [1.29, 1.82) is 0 Å². The predicted molar refractivity (Wildman–Crippen MR) is 55.1 cm³/mol. The maximum absolute atomic E-state index is 11.8. The minimum Gasteiger partial charge on any atom is -0.496 e. The van der Waals surface area contributed by atoms with E-state index in [9.17, 15) is 18.0 Å². The highest BCUT2D eigenvalue weighted by molar-refractivity contribution is 7.12. The van der Waals surface area contributed by atoms with Crippen molar-refractivity contribution in [3.05, 3.63) is 16.3 Å². The molecule has 6 heteroatoms. The van der Waals surface area contributed by atoms with Crippen LogP contribution in [-0.2, 0) is 0 Å². The van der Waals surface area contributed by atoms with Crippen molar-refractivity contribution in [2.75, 3.05) is 7.11 Å². The Morgan fingerprint density at radius 1 is 1.50 bits per heavy atom. The molecule has 0 bridgehead atoms. The van der Waals surface area contributed by atoms with Gasteiger partial charge >= 0.3 is 6.18 Å². The van der Waals surface area contributed by atoms with Gasteiger partial charge in [0.2, 0.25) is 0 Å². The van der Waals surface area contributed by atoms with E-state index in [2.05, 4.69) is 0 Å². The fourth-order valence-electron chi connectivity index (χ4n) is 1.14. The molecule has 2 nitrogen and oxygen atoms in total. The molecule has 1 heterocycles. The Kier molecular flexibility index (Phi) is 4.35. The van der Waals surface area contributed by atoms with Gasteiger partial charge < -0.3 is 4.74 Å². The summed E-state index contributed by atoms with van der Waals surface area (Å²) in [6.45, 7) is 0. The van der Waals surface area contributed by atoms with Gasteiger partial charge in [-0.05, 0) is 6.42 Å². The highest BCUT2D eigenvalue weighted by Crippen LogP contribution is 2.25. The van der Waals surface area contributed by atoms with E-state index < -0.39 is 12.6 Å². The van der Waals surface area contributed by atoms with Crippen LogP contribution in [0.4, 0.5) is 13.2 Å². The van der Waals surface area contributed by atoms with Crippen molar-refractivity contribution in [2.24, 2.45) is 0 Å². The van der Waals surface area contributed by atoms with Crippen LogP contribution in [0.2, 0.25) is 0 Å². The second-order valence-electron chi connectivity index (χ2n) is 3.24. The fraction of sp³-hybridized carbons (Fsp3) is 0.500. The average molecular weight is 252 g/mol. The first-order valence-corrected chi connectivity index (χ1v) is 5.53. The molecule has 0 spiro atoms. The summed E-state index contributed by atoms with van der Waals surface area (Å²) in [6, 6.07) is 1.54. The van der Waals surface area contributed by atoms with E-state index in [1.165, 1.54) is 18.4 Å². The molecule has 1 aromatic heterocycles. The second-order valence-corrected chi connectivity index (χ2v) is 4.15. The number of ketones is 1. The zero-order chi connectivity index (χ0) is 12.2. The molecule has 1 aromatic rings. The summed E-state index contributed by atoms with van der Waals surface area (Å²) in [5.41, 5.74) is 0. The Labute approximate surface area is 95.0 Å². The monoisotopic (exact) mass is 252 g/mol. The van der Waals surface area contributed by atoms with E-state index in [1.54, 1.807) is 11.4 Å². The highest BCUT2D eigenvalue weighted by Gasteiger charge is 2.26. The molecule has 0 saturated heterocycles. The van der Waals surface area contributed by atoms with Crippen molar-refractivity contribution >= 4 is 17.1 Å². The first kappa shape index (κ1) is 13.0. The lowest BCUT2D eigenvalue weighted by molar-refractivity contribution is -0.135. The Morgan fingerprint density at radius 2 is 2.19 bits per heavy atom. The highest BCUT2D eigenvalue weighted by atomic mass is 32.1. The fourth-order valence-corrected chi connectivity index (χ4v) is 1.97. The largest absolute Gasteiger partial charge is 0.496 e. The minimum absolute atomic E-state index is 0.0802. The number of methoxy groups -OCH3 is 1. The van der Waals surface area contributed by atoms with Gasteiger partial charge in [0.05, 0.1) is 12.0 Å². The Hall–Kier alpha value is -1.04. The number of ether oxygens (including phenoxy) is 1. The van der Waals surface area contributed by atoms with Gasteiger partial charge in [-0.15, -0.1) is 11.3 Å². The summed E-state index contributed by atoms with van der Waals surface area (Å²) >= 11 is 1.18. The first-order valence-electron chi connectivity index (χ1n) is 4.65. The van der Waals surface area contributed by atoms with E-state index in [4.69, 9.17) is 4.74 Å². The number of hydrogen-bond acceptors (Lipinski definition) is 3. The minimum atomic E-state index is -4.19. The van der Waals surface area contributed by atoms with E-state index in [1.807, 2.05) is 0 Å². The third-order valence-corrected chi connectivity index (χ3v) is 2.90. The molecule has 0 aliphatic heterocycles. The SMILES string of the molecule is COc1csc(C(=O)CCCC(F)(F)F)c1. The Bertz CT molecular complexity index is 357. The van der Waals surface area contributed by atoms with Crippen LogP contribution in [0.1, 0.15) is 28.9 Å². The van der Waals surface area contributed by atoms with E-state index in [-0.39, 0.29) is 18.6 Å². The van der Waals surface area contributed by atoms with Crippen LogP contribution in [0.25, 0.3) is 0 Å². The van der Waals surface area contributed by atoms with Gasteiger partial charge in [-0.2, -0.15) is 13.2 Å². The van der Waals surface area contributed by atoms with E-state index in [0.29, 0.717) is 10.6 Å². The van der Waals surface area contributed by atoms with Gasteiger partial charge in [0.15, 0.2) is 5.78 Å².